The smallest absolute Gasteiger partial charge is 0.269 e. The lowest BCUT2D eigenvalue weighted by Crippen LogP contribution is -2.34. The molecule has 0 unspecified atom stereocenters. The predicted molar refractivity (Wildman–Crippen MR) is 138 cm³/mol. The number of hydrogen-bond acceptors (Lipinski definition) is 4. The summed E-state index contributed by atoms with van der Waals surface area (Å²) in [6, 6.07) is 17.5. The van der Waals surface area contributed by atoms with E-state index in [-0.39, 0.29) is 0 Å². The highest BCUT2D eigenvalue weighted by molar-refractivity contribution is 5.92. The molecule has 2 aromatic carbocycles. The van der Waals surface area contributed by atoms with Gasteiger partial charge >= 0.3 is 0 Å². The molecule has 0 aliphatic carbocycles. The van der Waals surface area contributed by atoms with Crippen molar-refractivity contribution in [3.05, 3.63) is 88.6 Å². The number of nitrogens with zero attached hydrogens (tertiary/aromatic N) is 4. The van der Waals surface area contributed by atoms with E-state index in [1.807, 2.05) is 0 Å². The SMILES string of the molecule is Cc1ccc2c(C3CCN(CCc4cccc5c4CCc4c(C(N)=O)ncn4-5)CC3)cccc2n1. The van der Waals surface area contributed by atoms with E-state index < -0.39 is 5.91 Å². The van der Waals surface area contributed by atoms with Crippen LogP contribution in [0.1, 0.15) is 57.3 Å². The highest BCUT2D eigenvalue weighted by atomic mass is 16.1. The Balaban J connectivity index is 1.13. The molecule has 178 valence electrons. The molecule has 1 fully saturated rings. The van der Waals surface area contributed by atoms with Crippen molar-refractivity contribution in [3.8, 4) is 5.69 Å². The molecule has 0 atom stereocenters. The minimum atomic E-state index is -0.448. The number of likely N-dealkylation sites (tertiary alicyclic amines) is 1. The Kier molecular flexibility index (Phi) is 5.61. The second-order valence-electron chi connectivity index (χ2n) is 9.92. The third-order valence-corrected chi connectivity index (χ3v) is 7.85. The minimum Gasteiger partial charge on any atom is -0.364 e. The lowest BCUT2D eigenvalue weighted by atomic mass is 9.87. The monoisotopic (exact) mass is 465 g/mol. The molecule has 1 saturated heterocycles. The van der Waals surface area contributed by atoms with Gasteiger partial charge in [0, 0.05) is 17.6 Å². The van der Waals surface area contributed by atoms with Crippen LogP contribution in [-0.2, 0) is 19.3 Å². The normalized spacial score (nSPS) is 16.3. The van der Waals surface area contributed by atoms with Crippen molar-refractivity contribution < 1.29 is 4.79 Å². The number of aromatic nitrogens is 3. The van der Waals surface area contributed by atoms with E-state index in [0.717, 1.165) is 61.5 Å². The molecule has 2 aromatic heterocycles. The molecule has 35 heavy (non-hydrogen) atoms. The summed E-state index contributed by atoms with van der Waals surface area (Å²) in [5.74, 6) is 0.152. The van der Waals surface area contributed by atoms with E-state index in [1.54, 1.807) is 6.33 Å². The number of aryl methyl sites for hydroxylation is 1. The van der Waals surface area contributed by atoms with Gasteiger partial charge in [0.05, 0.1) is 16.9 Å². The molecule has 0 saturated carbocycles. The second-order valence-corrected chi connectivity index (χ2v) is 9.92. The Labute approximate surface area is 205 Å². The number of pyridine rings is 1. The van der Waals surface area contributed by atoms with Gasteiger partial charge in [0.25, 0.3) is 5.91 Å². The predicted octanol–water partition coefficient (Wildman–Crippen LogP) is 4.35. The number of carbonyl (C=O) groups is 1. The first-order chi connectivity index (χ1) is 17.1. The number of amides is 1. The summed E-state index contributed by atoms with van der Waals surface area (Å²) in [6.45, 7) is 5.38. The molecule has 0 bridgehead atoms. The van der Waals surface area contributed by atoms with E-state index in [4.69, 9.17) is 10.7 Å². The van der Waals surface area contributed by atoms with E-state index >= 15 is 0 Å². The number of nitrogens with two attached hydrogens (primary N) is 1. The van der Waals surface area contributed by atoms with E-state index in [0.29, 0.717) is 11.6 Å². The molecular weight excluding hydrogens is 434 g/mol. The largest absolute Gasteiger partial charge is 0.364 e. The van der Waals surface area contributed by atoms with Gasteiger partial charge in [-0.05, 0) is 92.9 Å². The first-order valence-corrected chi connectivity index (χ1v) is 12.6. The molecular formula is C29H31N5O. The van der Waals surface area contributed by atoms with Crippen LogP contribution in [0.15, 0.2) is 54.9 Å². The van der Waals surface area contributed by atoms with Gasteiger partial charge in [0.15, 0.2) is 0 Å². The van der Waals surface area contributed by atoms with Gasteiger partial charge in [-0.1, -0.05) is 30.3 Å². The maximum atomic E-state index is 11.7. The Morgan fingerprint density at radius 1 is 1.06 bits per heavy atom. The number of fused-ring (bicyclic) bond motifs is 4. The lowest BCUT2D eigenvalue weighted by Gasteiger charge is -2.33. The molecule has 0 spiro atoms. The van der Waals surface area contributed by atoms with Gasteiger partial charge in [-0.25, -0.2) is 4.98 Å². The Hall–Kier alpha value is -3.51. The summed E-state index contributed by atoms with van der Waals surface area (Å²) in [7, 11) is 0. The Morgan fingerprint density at radius 3 is 2.71 bits per heavy atom. The molecule has 2 aliphatic heterocycles. The van der Waals surface area contributed by atoms with Crippen LogP contribution in [0.4, 0.5) is 0 Å². The number of carbonyl (C=O) groups excluding carboxylic acids is 1. The second kappa shape index (κ2) is 8.93. The topological polar surface area (TPSA) is 77.0 Å². The van der Waals surface area contributed by atoms with Crippen LogP contribution in [0.5, 0.6) is 0 Å². The van der Waals surface area contributed by atoms with Crippen LogP contribution >= 0.6 is 0 Å². The van der Waals surface area contributed by atoms with E-state index in [9.17, 15) is 4.79 Å². The van der Waals surface area contributed by atoms with Crippen molar-refractivity contribution >= 4 is 16.8 Å². The Bertz CT molecular complexity index is 1410. The first kappa shape index (κ1) is 22.0. The number of benzene rings is 2. The zero-order valence-corrected chi connectivity index (χ0v) is 20.2. The van der Waals surface area contributed by atoms with Crippen LogP contribution in [0, 0.1) is 6.92 Å². The molecule has 6 nitrogen and oxygen atoms in total. The standard InChI is InChI=1S/C29H31N5O/c1-19-8-9-24-22(5-3-6-25(24)32-19)21-13-16-33(17-14-21)15-12-20-4-2-7-26-23(20)10-11-27-28(29(30)35)31-18-34(26)27/h2-9,18,21H,10-17H2,1H3,(H2,30,35). The molecule has 6 rings (SSSR count). The summed E-state index contributed by atoms with van der Waals surface area (Å²) >= 11 is 0. The summed E-state index contributed by atoms with van der Waals surface area (Å²) in [5.41, 5.74) is 14.4. The highest BCUT2D eigenvalue weighted by Gasteiger charge is 2.25. The number of imidazole rings is 1. The fourth-order valence-electron chi connectivity index (χ4n) is 6.02. The number of piperidine rings is 1. The zero-order chi connectivity index (χ0) is 23.9. The van der Waals surface area contributed by atoms with Crippen molar-refractivity contribution in [3.63, 3.8) is 0 Å². The van der Waals surface area contributed by atoms with Gasteiger partial charge in [0.2, 0.25) is 0 Å². The fraction of sp³-hybridized carbons (Fsp3) is 0.345. The van der Waals surface area contributed by atoms with Gasteiger partial charge < -0.3 is 15.2 Å². The Morgan fingerprint density at radius 2 is 1.89 bits per heavy atom. The maximum Gasteiger partial charge on any atom is 0.269 e. The quantitative estimate of drug-likeness (QED) is 0.475. The van der Waals surface area contributed by atoms with Crippen LogP contribution in [-0.4, -0.2) is 45.0 Å². The van der Waals surface area contributed by atoms with Crippen molar-refractivity contribution in [1.82, 2.24) is 19.4 Å². The van der Waals surface area contributed by atoms with E-state index in [1.165, 1.54) is 34.9 Å². The van der Waals surface area contributed by atoms with Gasteiger partial charge in [0.1, 0.15) is 12.0 Å². The lowest BCUT2D eigenvalue weighted by molar-refractivity contribution is 0.0995. The summed E-state index contributed by atoms with van der Waals surface area (Å²) in [5, 5.41) is 1.31. The highest BCUT2D eigenvalue weighted by Crippen LogP contribution is 2.33. The van der Waals surface area contributed by atoms with Gasteiger partial charge in [-0.2, -0.15) is 0 Å². The van der Waals surface area contributed by atoms with Crippen LogP contribution in [0.3, 0.4) is 0 Å². The number of rotatable bonds is 5. The van der Waals surface area contributed by atoms with Crippen LogP contribution < -0.4 is 5.73 Å². The summed E-state index contributed by atoms with van der Waals surface area (Å²) < 4.78 is 2.05. The van der Waals surface area contributed by atoms with Crippen LogP contribution in [0.25, 0.3) is 16.6 Å². The van der Waals surface area contributed by atoms with Crippen molar-refractivity contribution in [2.24, 2.45) is 5.73 Å². The van der Waals surface area contributed by atoms with Crippen LogP contribution in [0.2, 0.25) is 0 Å². The first-order valence-electron chi connectivity index (χ1n) is 12.6. The van der Waals surface area contributed by atoms with Gasteiger partial charge in [-0.3, -0.25) is 9.78 Å². The molecule has 4 aromatic rings. The van der Waals surface area contributed by atoms with E-state index in [2.05, 4.69) is 69.9 Å². The van der Waals surface area contributed by atoms with Crippen molar-refractivity contribution in [2.45, 2.75) is 44.9 Å². The summed E-state index contributed by atoms with van der Waals surface area (Å²) in [6.07, 6.45) is 6.88. The third-order valence-electron chi connectivity index (χ3n) is 7.85. The molecule has 6 heteroatoms. The van der Waals surface area contributed by atoms with Crippen molar-refractivity contribution in [2.75, 3.05) is 19.6 Å². The maximum absolute atomic E-state index is 11.7. The average molecular weight is 466 g/mol. The average Bonchev–Trinajstić information content (AvgIpc) is 3.32. The van der Waals surface area contributed by atoms with Crippen molar-refractivity contribution in [1.29, 1.82) is 0 Å². The molecule has 0 radical (unpaired) electrons. The molecule has 2 aliphatic rings. The third kappa shape index (κ3) is 4.02. The molecule has 1 amide bonds. The number of primary amides is 1. The zero-order valence-electron chi connectivity index (χ0n) is 20.2. The molecule has 2 N–H and O–H groups in total. The number of hydrogen-bond donors (Lipinski definition) is 1. The minimum absolute atomic E-state index is 0.404. The summed E-state index contributed by atoms with van der Waals surface area (Å²) in [4.78, 5) is 23.3. The molecule has 4 heterocycles. The fourth-order valence-corrected chi connectivity index (χ4v) is 6.02. The van der Waals surface area contributed by atoms with Gasteiger partial charge in [-0.15, -0.1) is 0 Å².